The number of para-hydroxylation sites is 1. The van der Waals surface area contributed by atoms with Crippen LogP contribution in [-0.2, 0) is 0 Å². The van der Waals surface area contributed by atoms with Gasteiger partial charge >= 0.3 is 0 Å². The van der Waals surface area contributed by atoms with Crippen molar-refractivity contribution < 1.29 is 4.42 Å². The summed E-state index contributed by atoms with van der Waals surface area (Å²) < 4.78 is 6.43. The largest absolute Gasteiger partial charge is 0.456 e. The van der Waals surface area contributed by atoms with E-state index in [9.17, 15) is 0 Å². The first-order valence-corrected chi connectivity index (χ1v) is 17.1. The van der Waals surface area contributed by atoms with Gasteiger partial charge in [-0.15, -0.1) is 0 Å². The van der Waals surface area contributed by atoms with E-state index in [0.29, 0.717) is 0 Å². The van der Waals surface area contributed by atoms with Gasteiger partial charge in [0.25, 0.3) is 0 Å². The molecule has 0 bridgehead atoms. The normalized spacial score (nSPS) is 11.6. The van der Waals surface area contributed by atoms with Crippen LogP contribution in [0.25, 0.3) is 76.5 Å². The number of anilines is 3. The van der Waals surface area contributed by atoms with Gasteiger partial charge in [0.2, 0.25) is 0 Å². The second-order valence-electron chi connectivity index (χ2n) is 12.9. The molecule has 10 rings (SSSR count). The summed E-state index contributed by atoms with van der Waals surface area (Å²) in [6.07, 6.45) is 0. The van der Waals surface area contributed by atoms with E-state index in [2.05, 4.69) is 187 Å². The monoisotopic (exact) mass is 637 g/mol. The lowest BCUT2D eigenvalue weighted by atomic mass is 9.93. The first-order chi connectivity index (χ1) is 24.8. The summed E-state index contributed by atoms with van der Waals surface area (Å²) in [7, 11) is 0. The van der Waals surface area contributed by atoms with Crippen molar-refractivity contribution in [3.8, 4) is 22.3 Å². The lowest BCUT2D eigenvalue weighted by Crippen LogP contribution is -2.10. The fourth-order valence-corrected chi connectivity index (χ4v) is 7.71. The third-order valence-electron chi connectivity index (χ3n) is 10.0. The highest BCUT2D eigenvalue weighted by Gasteiger charge is 2.21. The summed E-state index contributed by atoms with van der Waals surface area (Å²) >= 11 is 0. The smallest absolute Gasteiger partial charge is 0.137 e. The predicted molar refractivity (Wildman–Crippen MR) is 212 cm³/mol. The maximum absolute atomic E-state index is 6.43. The van der Waals surface area contributed by atoms with Crippen molar-refractivity contribution in [3.05, 3.63) is 188 Å². The number of rotatable bonds is 5. The molecule has 2 heteroatoms. The molecule has 2 nitrogen and oxygen atoms in total. The molecule has 234 valence electrons. The number of benzene rings is 9. The molecule has 0 atom stereocenters. The fraction of sp³-hybridized carbons (Fsp3) is 0. The van der Waals surface area contributed by atoms with Gasteiger partial charge in [-0.3, -0.25) is 0 Å². The average Bonchev–Trinajstić information content (AvgIpc) is 3.58. The summed E-state index contributed by atoms with van der Waals surface area (Å²) in [5, 5.41) is 9.68. The van der Waals surface area contributed by atoms with Crippen molar-refractivity contribution in [2.75, 3.05) is 4.90 Å². The average molecular weight is 638 g/mol. The molecule has 0 radical (unpaired) electrons. The number of hydrogen-bond acceptors (Lipinski definition) is 2. The van der Waals surface area contributed by atoms with Gasteiger partial charge in [0.1, 0.15) is 11.2 Å². The van der Waals surface area contributed by atoms with Crippen molar-refractivity contribution in [1.82, 2.24) is 0 Å². The molecule has 0 spiro atoms. The summed E-state index contributed by atoms with van der Waals surface area (Å²) in [5.74, 6) is 0. The minimum Gasteiger partial charge on any atom is -0.456 e. The molecular weight excluding hydrogens is 607 g/mol. The summed E-state index contributed by atoms with van der Waals surface area (Å²) in [6, 6.07) is 67.6. The van der Waals surface area contributed by atoms with Crippen LogP contribution in [0.15, 0.2) is 192 Å². The molecule has 9 aromatic carbocycles. The Morgan fingerprint density at radius 2 is 0.920 bits per heavy atom. The molecule has 0 fully saturated rings. The van der Waals surface area contributed by atoms with E-state index in [1.165, 1.54) is 54.6 Å². The molecular formula is C48H31NO. The lowest BCUT2D eigenvalue weighted by molar-refractivity contribution is 0.669. The zero-order valence-corrected chi connectivity index (χ0v) is 27.3. The summed E-state index contributed by atoms with van der Waals surface area (Å²) in [4.78, 5) is 2.41. The summed E-state index contributed by atoms with van der Waals surface area (Å²) in [6.45, 7) is 0. The van der Waals surface area contributed by atoms with E-state index in [-0.39, 0.29) is 0 Å². The standard InChI is InChI=1S/C48H31NO/c1-3-12-32(13-4-1)39-29-26-37(30-43(39)33-14-5-2-6-15-33)49(45-19-11-21-47-48(45)42-18-9-10-20-46(42)50-47)36-25-22-35-24-27-40-38-17-8-7-16-34(38)23-28-41(40)44(35)31-36/h1-31H. The molecule has 0 aliphatic rings. The molecule has 10 aromatic rings. The molecule has 0 saturated carbocycles. The van der Waals surface area contributed by atoms with Gasteiger partial charge in [-0.1, -0.05) is 146 Å². The third-order valence-corrected chi connectivity index (χ3v) is 10.0. The van der Waals surface area contributed by atoms with E-state index in [1.807, 2.05) is 6.07 Å². The Labute approximate surface area is 290 Å². The van der Waals surface area contributed by atoms with Gasteiger partial charge in [-0.05, 0) is 97.0 Å². The Morgan fingerprint density at radius 1 is 0.340 bits per heavy atom. The van der Waals surface area contributed by atoms with Crippen LogP contribution in [-0.4, -0.2) is 0 Å². The number of fused-ring (bicyclic) bond motifs is 8. The van der Waals surface area contributed by atoms with E-state index in [4.69, 9.17) is 4.42 Å². The Balaban J connectivity index is 1.27. The molecule has 1 heterocycles. The summed E-state index contributed by atoms with van der Waals surface area (Å²) in [5.41, 5.74) is 9.74. The third kappa shape index (κ3) is 4.57. The molecule has 0 aliphatic heterocycles. The Morgan fingerprint density at radius 3 is 1.72 bits per heavy atom. The molecule has 0 aliphatic carbocycles. The van der Waals surface area contributed by atoms with Gasteiger partial charge in [0, 0.05) is 16.8 Å². The molecule has 50 heavy (non-hydrogen) atoms. The van der Waals surface area contributed by atoms with E-state index in [1.54, 1.807) is 0 Å². The maximum atomic E-state index is 6.43. The van der Waals surface area contributed by atoms with Gasteiger partial charge in [0.05, 0.1) is 11.1 Å². The number of nitrogens with zero attached hydrogens (tertiary/aromatic N) is 1. The fourth-order valence-electron chi connectivity index (χ4n) is 7.71. The predicted octanol–water partition coefficient (Wildman–Crippen LogP) is 13.8. The van der Waals surface area contributed by atoms with Crippen LogP contribution in [0.2, 0.25) is 0 Å². The highest BCUT2D eigenvalue weighted by Crippen LogP contribution is 2.46. The molecule has 0 saturated heterocycles. The van der Waals surface area contributed by atoms with Crippen molar-refractivity contribution in [1.29, 1.82) is 0 Å². The molecule has 0 unspecified atom stereocenters. The Bertz CT molecular complexity index is 2870. The maximum Gasteiger partial charge on any atom is 0.137 e. The van der Waals surface area contributed by atoms with Crippen LogP contribution in [0.4, 0.5) is 17.1 Å². The van der Waals surface area contributed by atoms with Crippen LogP contribution in [0, 0.1) is 0 Å². The topological polar surface area (TPSA) is 16.4 Å². The Hall–Kier alpha value is -6.64. The zero-order chi connectivity index (χ0) is 33.0. The van der Waals surface area contributed by atoms with Gasteiger partial charge in [-0.25, -0.2) is 0 Å². The second-order valence-corrected chi connectivity index (χ2v) is 12.9. The number of furan rings is 1. The van der Waals surface area contributed by atoms with Crippen molar-refractivity contribution in [2.24, 2.45) is 0 Å². The second kappa shape index (κ2) is 11.5. The van der Waals surface area contributed by atoms with E-state index < -0.39 is 0 Å². The molecule has 1 aromatic heterocycles. The van der Waals surface area contributed by atoms with Crippen LogP contribution in [0.1, 0.15) is 0 Å². The Kier molecular flexibility index (Phi) is 6.53. The van der Waals surface area contributed by atoms with E-state index in [0.717, 1.165) is 39.0 Å². The first-order valence-electron chi connectivity index (χ1n) is 17.1. The highest BCUT2D eigenvalue weighted by atomic mass is 16.3. The number of hydrogen-bond donors (Lipinski definition) is 0. The molecule has 0 N–H and O–H groups in total. The van der Waals surface area contributed by atoms with Crippen LogP contribution in [0.5, 0.6) is 0 Å². The quantitative estimate of drug-likeness (QED) is 0.175. The van der Waals surface area contributed by atoms with Gasteiger partial charge < -0.3 is 9.32 Å². The van der Waals surface area contributed by atoms with Gasteiger partial charge in [-0.2, -0.15) is 0 Å². The SMILES string of the molecule is c1ccc(-c2ccc(N(c3ccc4ccc5c6ccccc6ccc5c4c3)c3cccc4oc5ccccc5c34)cc2-c2ccccc2)cc1. The first kappa shape index (κ1) is 28.4. The zero-order valence-electron chi connectivity index (χ0n) is 27.3. The minimum absolute atomic E-state index is 0.871. The lowest BCUT2D eigenvalue weighted by Gasteiger charge is -2.28. The van der Waals surface area contributed by atoms with Crippen LogP contribution >= 0.6 is 0 Å². The van der Waals surface area contributed by atoms with Crippen LogP contribution in [0.3, 0.4) is 0 Å². The van der Waals surface area contributed by atoms with Crippen molar-refractivity contribution >= 4 is 71.3 Å². The highest BCUT2D eigenvalue weighted by molar-refractivity contribution is 6.18. The van der Waals surface area contributed by atoms with Crippen LogP contribution < -0.4 is 4.90 Å². The molecule has 0 amide bonds. The van der Waals surface area contributed by atoms with Crippen molar-refractivity contribution in [2.45, 2.75) is 0 Å². The van der Waals surface area contributed by atoms with Crippen molar-refractivity contribution in [3.63, 3.8) is 0 Å². The van der Waals surface area contributed by atoms with E-state index >= 15 is 0 Å². The van der Waals surface area contributed by atoms with Gasteiger partial charge in [0.15, 0.2) is 0 Å². The minimum atomic E-state index is 0.871.